The number of nitrogens with zero attached hydrogens (tertiary/aromatic N) is 1. The number of methoxy groups -OCH3 is 2. The number of oxime groups is 1. The minimum Gasteiger partial charge on any atom is -0.467 e. The monoisotopic (exact) mass is 624 g/mol. The second-order valence-corrected chi connectivity index (χ2v) is 11.9. The van der Waals surface area contributed by atoms with E-state index in [1.165, 1.54) is 21.1 Å². The van der Waals surface area contributed by atoms with Crippen LogP contribution in [0, 0.1) is 5.41 Å². The van der Waals surface area contributed by atoms with E-state index >= 15 is 0 Å². The Hall–Kier alpha value is -4.26. The highest BCUT2D eigenvalue weighted by atomic mass is 16.6. The first-order valence-corrected chi connectivity index (χ1v) is 14.7. The standard InChI is InChI=1S/C33H44N4O8/c1-20(38)29(40)28(30(43-5)33(2,3)4)37-45-19-27(39)35-25(16-21-12-8-7-9-13-21)31(41)36-26(32(42)44-6)17-22-18-34-24-15-11-10-14-23(22)24/h7-15,18,20,25-26,29-30,34,38,40H,16-17,19H2,1-6H3,(H,35,39)(H,36,41)/b37-28+/t20-,25+,26+,29?,30-/m1/s1. The maximum absolute atomic E-state index is 13.6. The number of para-hydroxylation sites is 1. The van der Waals surface area contributed by atoms with Gasteiger partial charge in [-0.3, -0.25) is 9.59 Å². The molecule has 3 rings (SSSR count). The van der Waals surface area contributed by atoms with Crippen molar-refractivity contribution in [3.63, 3.8) is 0 Å². The van der Waals surface area contributed by atoms with Gasteiger partial charge in [-0.1, -0.05) is 74.5 Å². The van der Waals surface area contributed by atoms with E-state index in [1.807, 2.05) is 75.4 Å². The topological polar surface area (TPSA) is 172 Å². The number of hydrogen-bond donors (Lipinski definition) is 5. The summed E-state index contributed by atoms with van der Waals surface area (Å²) >= 11 is 0. The maximum Gasteiger partial charge on any atom is 0.328 e. The average molecular weight is 625 g/mol. The number of amides is 2. The molecular weight excluding hydrogens is 580 g/mol. The molecule has 0 bridgehead atoms. The minimum absolute atomic E-state index is 0.0181. The number of aromatic nitrogens is 1. The summed E-state index contributed by atoms with van der Waals surface area (Å²) in [6.45, 7) is 6.40. The van der Waals surface area contributed by atoms with Gasteiger partial charge in [0.25, 0.3) is 5.91 Å². The van der Waals surface area contributed by atoms with E-state index in [2.05, 4.69) is 20.8 Å². The summed E-state index contributed by atoms with van der Waals surface area (Å²) in [5.41, 5.74) is 1.98. The van der Waals surface area contributed by atoms with Crippen molar-refractivity contribution in [2.24, 2.45) is 10.6 Å². The molecule has 0 spiro atoms. The Morgan fingerprint density at radius 3 is 2.22 bits per heavy atom. The van der Waals surface area contributed by atoms with Crippen LogP contribution >= 0.6 is 0 Å². The van der Waals surface area contributed by atoms with Gasteiger partial charge in [0.15, 0.2) is 6.61 Å². The van der Waals surface area contributed by atoms with Crippen LogP contribution in [0.1, 0.15) is 38.8 Å². The number of rotatable bonds is 15. The Morgan fingerprint density at radius 1 is 0.933 bits per heavy atom. The number of esters is 1. The van der Waals surface area contributed by atoms with Crippen LogP contribution in [0.15, 0.2) is 65.9 Å². The van der Waals surface area contributed by atoms with Crippen LogP contribution < -0.4 is 10.6 Å². The molecule has 0 saturated carbocycles. The van der Waals surface area contributed by atoms with E-state index in [0.29, 0.717) is 0 Å². The highest BCUT2D eigenvalue weighted by Gasteiger charge is 2.36. The number of aromatic amines is 1. The predicted molar refractivity (Wildman–Crippen MR) is 169 cm³/mol. The molecule has 0 saturated heterocycles. The van der Waals surface area contributed by atoms with E-state index in [4.69, 9.17) is 14.3 Å². The van der Waals surface area contributed by atoms with Crippen molar-refractivity contribution < 1.29 is 38.9 Å². The average Bonchev–Trinajstić information content (AvgIpc) is 3.41. The van der Waals surface area contributed by atoms with Crippen molar-refractivity contribution in [3.05, 3.63) is 71.9 Å². The summed E-state index contributed by atoms with van der Waals surface area (Å²) in [4.78, 5) is 47.8. The fraction of sp³-hybridized carbons (Fsp3) is 0.455. The smallest absolute Gasteiger partial charge is 0.328 e. The molecule has 2 amide bonds. The number of nitrogens with one attached hydrogen (secondary N) is 3. The lowest BCUT2D eigenvalue weighted by molar-refractivity contribution is -0.145. The molecule has 5 atom stereocenters. The molecule has 0 fully saturated rings. The lowest BCUT2D eigenvalue weighted by atomic mass is 9.83. The predicted octanol–water partition coefficient (Wildman–Crippen LogP) is 2.27. The summed E-state index contributed by atoms with van der Waals surface area (Å²) in [6, 6.07) is 14.6. The van der Waals surface area contributed by atoms with E-state index in [0.717, 1.165) is 22.0 Å². The second kappa shape index (κ2) is 16.2. The van der Waals surface area contributed by atoms with Crippen molar-refractivity contribution in [1.82, 2.24) is 15.6 Å². The lowest BCUT2D eigenvalue weighted by Gasteiger charge is -2.32. The minimum atomic E-state index is -1.40. The Labute approximate surface area is 263 Å². The first-order chi connectivity index (χ1) is 21.3. The van der Waals surface area contributed by atoms with Crippen molar-refractivity contribution >= 4 is 34.4 Å². The van der Waals surface area contributed by atoms with Gasteiger partial charge in [0.2, 0.25) is 5.91 Å². The summed E-state index contributed by atoms with van der Waals surface area (Å²) in [5, 5.41) is 30.8. The van der Waals surface area contributed by atoms with Crippen LogP contribution in [-0.2, 0) is 41.5 Å². The van der Waals surface area contributed by atoms with E-state index < -0.39 is 60.2 Å². The van der Waals surface area contributed by atoms with E-state index in [1.54, 1.807) is 6.20 Å². The number of hydrogen-bond acceptors (Lipinski definition) is 9. The Kier molecular flexibility index (Phi) is 12.7. The summed E-state index contributed by atoms with van der Waals surface area (Å²) in [5.74, 6) is -1.90. The van der Waals surface area contributed by atoms with Gasteiger partial charge in [0.1, 0.15) is 30.0 Å². The lowest BCUT2D eigenvalue weighted by Crippen LogP contribution is -2.53. The molecule has 5 N–H and O–H groups in total. The molecular formula is C33H44N4O8. The van der Waals surface area contributed by atoms with Crippen LogP contribution in [0.3, 0.4) is 0 Å². The normalized spacial score (nSPS) is 15.4. The van der Waals surface area contributed by atoms with Crippen molar-refractivity contribution in [2.45, 2.75) is 70.9 Å². The van der Waals surface area contributed by atoms with Gasteiger partial charge in [-0.25, -0.2) is 4.79 Å². The van der Waals surface area contributed by atoms with Crippen molar-refractivity contribution in [1.29, 1.82) is 0 Å². The number of ether oxygens (including phenoxy) is 2. The quantitative estimate of drug-likeness (QED) is 0.0974. The molecule has 0 aliphatic heterocycles. The molecule has 45 heavy (non-hydrogen) atoms. The van der Waals surface area contributed by atoms with E-state index in [-0.39, 0.29) is 18.6 Å². The summed E-state index contributed by atoms with van der Waals surface area (Å²) in [6.07, 6.45) is -1.23. The molecule has 244 valence electrons. The highest BCUT2D eigenvalue weighted by molar-refractivity contribution is 5.94. The summed E-state index contributed by atoms with van der Waals surface area (Å²) in [7, 11) is 2.69. The van der Waals surface area contributed by atoms with Crippen LogP contribution in [0.2, 0.25) is 0 Å². The molecule has 0 aliphatic rings. The van der Waals surface area contributed by atoms with Gasteiger partial charge in [0.05, 0.1) is 13.2 Å². The number of aliphatic hydroxyl groups is 2. The second-order valence-electron chi connectivity index (χ2n) is 11.9. The van der Waals surface area contributed by atoms with Gasteiger partial charge in [-0.2, -0.15) is 0 Å². The number of carbonyl (C=O) groups is 3. The SMILES string of the molecule is COC(=O)[C@H](Cc1c[nH]c2ccccc12)NC(=O)[C@H](Cc1ccccc1)NC(=O)CO/N=C(\C(O)[C@@H](C)O)[C@@H](OC)C(C)(C)C. The zero-order valence-electron chi connectivity index (χ0n) is 26.6. The van der Waals surface area contributed by atoms with Gasteiger partial charge in [0, 0.05) is 37.1 Å². The molecule has 1 unspecified atom stereocenters. The van der Waals surface area contributed by atoms with Gasteiger partial charge in [-0.05, 0) is 29.5 Å². The van der Waals surface area contributed by atoms with Crippen molar-refractivity contribution in [2.75, 3.05) is 20.8 Å². The third-order valence-electron chi connectivity index (χ3n) is 7.25. The number of carbonyl (C=O) groups excluding carboxylic acids is 3. The fourth-order valence-corrected chi connectivity index (χ4v) is 5.01. The van der Waals surface area contributed by atoms with Crippen LogP contribution in [0.4, 0.5) is 0 Å². The van der Waals surface area contributed by atoms with E-state index in [9.17, 15) is 24.6 Å². The molecule has 12 heteroatoms. The Morgan fingerprint density at radius 2 is 1.60 bits per heavy atom. The third-order valence-corrected chi connectivity index (χ3v) is 7.25. The maximum atomic E-state index is 13.6. The number of aliphatic hydroxyl groups excluding tert-OH is 2. The largest absolute Gasteiger partial charge is 0.467 e. The highest BCUT2D eigenvalue weighted by Crippen LogP contribution is 2.25. The first kappa shape index (κ1) is 35.2. The van der Waals surface area contributed by atoms with Crippen LogP contribution in [-0.4, -0.2) is 89.9 Å². The van der Waals surface area contributed by atoms with Crippen molar-refractivity contribution in [3.8, 4) is 0 Å². The zero-order valence-corrected chi connectivity index (χ0v) is 26.6. The molecule has 0 radical (unpaired) electrons. The number of H-pyrrole nitrogens is 1. The van der Waals surface area contributed by atoms with Gasteiger partial charge in [-0.15, -0.1) is 0 Å². The fourth-order valence-electron chi connectivity index (χ4n) is 5.01. The Balaban J connectivity index is 1.78. The molecule has 1 aromatic heterocycles. The number of benzene rings is 2. The summed E-state index contributed by atoms with van der Waals surface area (Å²) < 4.78 is 10.5. The van der Waals surface area contributed by atoms with Gasteiger partial charge < -0.3 is 40.1 Å². The molecule has 3 aromatic rings. The molecule has 2 aromatic carbocycles. The third kappa shape index (κ3) is 9.87. The van der Waals surface area contributed by atoms with Gasteiger partial charge >= 0.3 is 5.97 Å². The zero-order chi connectivity index (χ0) is 33.1. The van der Waals surface area contributed by atoms with Crippen LogP contribution in [0.25, 0.3) is 10.9 Å². The molecule has 1 heterocycles. The Bertz CT molecular complexity index is 1450. The molecule has 0 aliphatic carbocycles. The number of fused-ring (bicyclic) bond motifs is 1. The van der Waals surface area contributed by atoms with Crippen LogP contribution in [0.5, 0.6) is 0 Å². The first-order valence-electron chi connectivity index (χ1n) is 14.7. The molecule has 12 nitrogen and oxygen atoms in total.